The van der Waals surface area contributed by atoms with Crippen molar-refractivity contribution in [1.29, 1.82) is 0 Å². The van der Waals surface area contributed by atoms with Crippen molar-refractivity contribution in [2.45, 2.75) is 9.92 Å². The summed E-state index contributed by atoms with van der Waals surface area (Å²) < 4.78 is 0. The number of benzene rings is 2. The number of hydrogen-bond donors (Lipinski definition) is 2. The molecule has 92 valence electrons. The van der Waals surface area contributed by atoms with E-state index in [1.165, 1.54) is 31.7 Å². The molecular formula is C16H12N2S. The quantitative estimate of drug-likeness (QED) is 0.535. The molecule has 2 N–H and O–H groups in total. The lowest BCUT2D eigenvalue weighted by Gasteiger charge is -1.96. The Morgan fingerprint density at radius 2 is 1.63 bits per heavy atom. The molecule has 0 saturated heterocycles. The summed E-state index contributed by atoms with van der Waals surface area (Å²) in [7, 11) is 0. The lowest BCUT2D eigenvalue weighted by atomic mass is 10.2. The number of H-pyrrole nitrogens is 2. The van der Waals surface area contributed by atoms with Gasteiger partial charge < -0.3 is 9.97 Å². The van der Waals surface area contributed by atoms with Crippen LogP contribution < -0.4 is 0 Å². The van der Waals surface area contributed by atoms with Crippen LogP contribution in [-0.2, 0) is 0 Å². The van der Waals surface area contributed by atoms with Crippen LogP contribution in [0.3, 0.4) is 0 Å². The van der Waals surface area contributed by atoms with Gasteiger partial charge in [0.2, 0.25) is 0 Å². The van der Waals surface area contributed by atoms with E-state index >= 15 is 0 Å². The Morgan fingerprint density at radius 1 is 0.842 bits per heavy atom. The van der Waals surface area contributed by atoms with Crippen molar-refractivity contribution in [3.8, 4) is 0 Å². The maximum atomic E-state index is 3.45. The summed E-state index contributed by atoms with van der Waals surface area (Å²) in [5, 5.41) is 3.70. The second kappa shape index (κ2) is 4.21. The smallest absolute Gasteiger partial charge is 0.0781 e. The van der Waals surface area contributed by atoms with Gasteiger partial charge in [-0.25, -0.2) is 0 Å². The molecule has 0 atom stereocenters. The molecule has 0 aliphatic heterocycles. The molecule has 4 rings (SSSR count). The minimum Gasteiger partial charge on any atom is -0.360 e. The Balaban J connectivity index is 1.78. The van der Waals surface area contributed by atoms with Crippen molar-refractivity contribution in [3.05, 3.63) is 60.8 Å². The molecule has 0 saturated carbocycles. The van der Waals surface area contributed by atoms with Crippen LogP contribution in [0.15, 0.2) is 70.7 Å². The molecule has 0 radical (unpaired) electrons. The van der Waals surface area contributed by atoms with Crippen LogP contribution in [0.5, 0.6) is 0 Å². The van der Waals surface area contributed by atoms with Gasteiger partial charge in [-0.3, -0.25) is 0 Å². The van der Waals surface area contributed by atoms with E-state index in [-0.39, 0.29) is 0 Å². The first kappa shape index (κ1) is 10.8. The molecule has 2 aromatic carbocycles. The van der Waals surface area contributed by atoms with Crippen molar-refractivity contribution in [3.63, 3.8) is 0 Å². The van der Waals surface area contributed by atoms with Crippen LogP contribution in [0, 0.1) is 0 Å². The van der Waals surface area contributed by atoms with Crippen molar-refractivity contribution >= 4 is 33.6 Å². The van der Waals surface area contributed by atoms with Crippen molar-refractivity contribution in [2.24, 2.45) is 0 Å². The first-order valence-electron chi connectivity index (χ1n) is 6.22. The number of hydrogen-bond acceptors (Lipinski definition) is 1. The number of rotatable bonds is 2. The van der Waals surface area contributed by atoms with Gasteiger partial charge in [0.15, 0.2) is 0 Å². The van der Waals surface area contributed by atoms with Crippen LogP contribution in [0.2, 0.25) is 0 Å². The fraction of sp³-hybridized carbons (Fsp3) is 0. The largest absolute Gasteiger partial charge is 0.360 e. The number of fused-ring (bicyclic) bond motifs is 2. The zero-order valence-electron chi connectivity index (χ0n) is 10.2. The third kappa shape index (κ3) is 1.83. The van der Waals surface area contributed by atoms with Gasteiger partial charge in [0.25, 0.3) is 0 Å². The highest BCUT2D eigenvalue weighted by molar-refractivity contribution is 7.99. The van der Waals surface area contributed by atoms with E-state index in [0.29, 0.717) is 0 Å². The van der Waals surface area contributed by atoms with Gasteiger partial charge in [-0.2, -0.15) is 0 Å². The standard InChI is InChI=1S/C16H12N2S/c1-3-7-13-11(5-1)9-16(18-13)19-15-10-17-14-8-4-2-6-12(14)15/h1-10,17-18H. The SMILES string of the molecule is c1ccc2[nH]c(Sc3c[nH]c4ccccc34)cc2c1. The van der Waals surface area contributed by atoms with Crippen LogP contribution >= 0.6 is 11.8 Å². The summed E-state index contributed by atoms with van der Waals surface area (Å²) in [4.78, 5) is 8.01. The molecule has 0 unspecified atom stereocenters. The normalized spacial score (nSPS) is 11.4. The van der Waals surface area contributed by atoms with Gasteiger partial charge in [0.05, 0.1) is 5.03 Å². The molecule has 0 spiro atoms. The molecule has 0 aliphatic carbocycles. The van der Waals surface area contributed by atoms with Crippen LogP contribution in [-0.4, -0.2) is 9.97 Å². The molecule has 2 heterocycles. The van der Waals surface area contributed by atoms with Crippen molar-refractivity contribution in [2.75, 3.05) is 0 Å². The van der Waals surface area contributed by atoms with Crippen LogP contribution in [0.1, 0.15) is 0 Å². The first-order valence-corrected chi connectivity index (χ1v) is 7.03. The second-order valence-corrected chi connectivity index (χ2v) is 5.61. The molecule has 4 aromatic rings. The minimum atomic E-state index is 1.17. The van der Waals surface area contributed by atoms with Gasteiger partial charge in [0.1, 0.15) is 0 Å². The number of aromatic amines is 2. The maximum Gasteiger partial charge on any atom is 0.0781 e. The van der Waals surface area contributed by atoms with Crippen molar-refractivity contribution < 1.29 is 0 Å². The molecule has 2 nitrogen and oxygen atoms in total. The summed E-state index contributed by atoms with van der Waals surface area (Å²) in [6.45, 7) is 0. The Hall–Kier alpha value is -2.13. The second-order valence-electron chi connectivity index (χ2n) is 4.52. The molecule has 2 aromatic heterocycles. The van der Waals surface area contributed by atoms with E-state index in [2.05, 4.69) is 70.8 Å². The predicted molar refractivity (Wildman–Crippen MR) is 80.7 cm³/mol. The molecule has 3 heteroatoms. The Labute approximate surface area is 114 Å². The Bertz CT molecular complexity index is 824. The van der Waals surface area contributed by atoms with E-state index in [4.69, 9.17) is 0 Å². The summed E-state index contributed by atoms with van der Waals surface area (Å²) in [5.41, 5.74) is 2.37. The van der Waals surface area contributed by atoms with E-state index in [0.717, 1.165) is 0 Å². The molecule has 0 amide bonds. The van der Waals surface area contributed by atoms with Gasteiger partial charge in [-0.05, 0) is 18.2 Å². The Kier molecular flexibility index (Phi) is 2.38. The molecule has 0 fully saturated rings. The van der Waals surface area contributed by atoms with Crippen LogP contribution in [0.4, 0.5) is 0 Å². The highest BCUT2D eigenvalue weighted by Crippen LogP contribution is 2.34. The summed E-state index contributed by atoms with van der Waals surface area (Å²) in [5.74, 6) is 0. The van der Waals surface area contributed by atoms with Gasteiger partial charge in [-0.15, -0.1) is 0 Å². The van der Waals surface area contributed by atoms with Gasteiger partial charge in [0, 0.05) is 32.9 Å². The first-order chi connectivity index (χ1) is 9.40. The number of nitrogens with one attached hydrogen (secondary N) is 2. The fourth-order valence-electron chi connectivity index (χ4n) is 2.35. The average Bonchev–Trinajstić information content (AvgIpc) is 3.03. The van der Waals surface area contributed by atoms with Gasteiger partial charge >= 0.3 is 0 Å². The van der Waals surface area contributed by atoms with Crippen molar-refractivity contribution in [1.82, 2.24) is 9.97 Å². The molecule has 0 aliphatic rings. The van der Waals surface area contributed by atoms with E-state index in [1.807, 2.05) is 0 Å². The fourth-order valence-corrected chi connectivity index (χ4v) is 3.34. The summed E-state index contributed by atoms with van der Waals surface area (Å²) in [6, 6.07) is 18.9. The average molecular weight is 264 g/mol. The zero-order chi connectivity index (χ0) is 12.7. The maximum absolute atomic E-state index is 3.45. The molecule has 0 bridgehead atoms. The van der Waals surface area contributed by atoms with Gasteiger partial charge in [-0.1, -0.05) is 48.2 Å². The summed E-state index contributed by atoms with van der Waals surface area (Å²) >= 11 is 1.76. The lowest BCUT2D eigenvalue weighted by Crippen LogP contribution is -1.70. The number of aromatic nitrogens is 2. The predicted octanol–water partition coefficient (Wildman–Crippen LogP) is 4.80. The molecule has 19 heavy (non-hydrogen) atoms. The monoisotopic (exact) mass is 264 g/mol. The Morgan fingerprint density at radius 3 is 2.53 bits per heavy atom. The van der Waals surface area contributed by atoms with Crippen LogP contribution in [0.25, 0.3) is 21.8 Å². The van der Waals surface area contributed by atoms with E-state index in [9.17, 15) is 0 Å². The topological polar surface area (TPSA) is 31.6 Å². The third-order valence-corrected chi connectivity index (χ3v) is 4.27. The lowest BCUT2D eigenvalue weighted by molar-refractivity contribution is 1.23. The third-order valence-electron chi connectivity index (χ3n) is 3.28. The highest BCUT2D eigenvalue weighted by atomic mass is 32.2. The summed E-state index contributed by atoms with van der Waals surface area (Å²) in [6.07, 6.45) is 2.07. The van der Waals surface area contributed by atoms with E-state index in [1.54, 1.807) is 11.8 Å². The van der Waals surface area contributed by atoms with E-state index < -0.39 is 0 Å². The minimum absolute atomic E-state index is 1.17. The number of para-hydroxylation sites is 2. The highest BCUT2D eigenvalue weighted by Gasteiger charge is 2.06. The zero-order valence-corrected chi connectivity index (χ0v) is 11.0. The molecular weight excluding hydrogens is 252 g/mol.